The zero-order valence-electron chi connectivity index (χ0n) is 13.9. The highest BCUT2D eigenvalue weighted by Crippen LogP contribution is 2.26. The molecule has 0 aliphatic rings. The summed E-state index contributed by atoms with van der Waals surface area (Å²) in [4.78, 5) is 13.8. The quantitative estimate of drug-likeness (QED) is 0.496. The van der Waals surface area contributed by atoms with E-state index in [9.17, 15) is 4.79 Å². The molecule has 0 N–H and O–H groups in total. The van der Waals surface area contributed by atoms with Gasteiger partial charge in [-0.1, -0.05) is 29.3 Å². The van der Waals surface area contributed by atoms with Crippen LogP contribution in [-0.4, -0.2) is 17.0 Å². The van der Waals surface area contributed by atoms with Crippen LogP contribution in [0.4, 0.5) is 0 Å². The van der Waals surface area contributed by atoms with Crippen molar-refractivity contribution in [1.29, 1.82) is 0 Å². The van der Waals surface area contributed by atoms with Gasteiger partial charge in [0.25, 0.3) is 0 Å². The highest BCUT2D eigenvalue weighted by atomic mass is 35.5. The van der Waals surface area contributed by atoms with Gasteiger partial charge in [-0.25, -0.2) is 0 Å². The van der Waals surface area contributed by atoms with Crippen LogP contribution in [0.5, 0.6) is 5.75 Å². The van der Waals surface area contributed by atoms with E-state index in [4.69, 9.17) is 27.9 Å². The molecule has 0 atom stereocenters. The van der Waals surface area contributed by atoms with Crippen molar-refractivity contribution < 1.29 is 9.53 Å². The molecule has 3 nitrogen and oxygen atoms in total. The Balaban J connectivity index is 1.72. The number of hydrogen-bond donors (Lipinski definition) is 0. The fourth-order valence-electron chi connectivity index (χ4n) is 2.68. The summed E-state index contributed by atoms with van der Waals surface area (Å²) in [5.41, 5.74) is 2.70. The third kappa shape index (κ3) is 4.09. The zero-order chi connectivity index (χ0) is 18.0. The molecule has 2 aromatic heterocycles. The lowest BCUT2D eigenvalue weighted by Crippen LogP contribution is -2.13. The first kappa shape index (κ1) is 18.1. The molecular weight excluding hydrogens is 377 g/mol. The van der Waals surface area contributed by atoms with Gasteiger partial charge in [0.2, 0.25) is 5.78 Å². The van der Waals surface area contributed by atoms with Gasteiger partial charge in [-0.2, -0.15) is 0 Å². The summed E-state index contributed by atoms with van der Waals surface area (Å²) in [6.07, 6.45) is 0. The van der Waals surface area contributed by atoms with Crippen LogP contribution in [0.1, 0.15) is 26.6 Å². The molecule has 0 radical (unpaired) electrons. The molecule has 3 aromatic rings. The first-order valence-corrected chi connectivity index (χ1v) is 9.39. The molecule has 3 rings (SSSR count). The van der Waals surface area contributed by atoms with Crippen LogP contribution < -0.4 is 4.74 Å². The number of rotatable bonds is 6. The molecule has 0 unspecified atom stereocenters. The number of benzene rings is 1. The van der Waals surface area contributed by atoms with Gasteiger partial charge >= 0.3 is 0 Å². The molecule has 0 spiro atoms. The van der Waals surface area contributed by atoms with Crippen molar-refractivity contribution in [3.05, 3.63) is 73.7 Å². The predicted molar refractivity (Wildman–Crippen MR) is 104 cm³/mol. The third-order valence-corrected chi connectivity index (χ3v) is 5.63. The van der Waals surface area contributed by atoms with E-state index in [0.29, 0.717) is 21.4 Å². The van der Waals surface area contributed by atoms with E-state index in [-0.39, 0.29) is 12.4 Å². The highest BCUT2D eigenvalue weighted by molar-refractivity contribution is 7.09. The van der Waals surface area contributed by atoms with E-state index in [1.165, 1.54) is 4.88 Å². The fraction of sp³-hybridized carbons (Fsp3) is 0.211. The second kappa shape index (κ2) is 7.65. The van der Waals surface area contributed by atoms with Crippen molar-refractivity contribution in [1.82, 2.24) is 4.57 Å². The lowest BCUT2D eigenvalue weighted by molar-refractivity contribution is 0.0921. The Morgan fingerprint density at radius 2 is 1.96 bits per heavy atom. The number of thiophene rings is 1. The summed E-state index contributed by atoms with van der Waals surface area (Å²) in [6.45, 7) is 4.71. The van der Waals surface area contributed by atoms with Crippen LogP contribution in [0, 0.1) is 13.8 Å². The lowest BCUT2D eigenvalue weighted by atomic mass is 10.1. The lowest BCUT2D eigenvalue weighted by Gasteiger charge is -2.09. The average molecular weight is 394 g/mol. The van der Waals surface area contributed by atoms with E-state index in [1.54, 1.807) is 29.5 Å². The number of hydrogen-bond acceptors (Lipinski definition) is 3. The van der Waals surface area contributed by atoms with Crippen molar-refractivity contribution in [3.63, 3.8) is 0 Å². The number of ketones is 1. The van der Waals surface area contributed by atoms with Crippen molar-refractivity contribution in [3.8, 4) is 5.75 Å². The Bertz CT molecular complexity index is 901. The monoisotopic (exact) mass is 393 g/mol. The molecule has 6 heteroatoms. The maximum absolute atomic E-state index is 12.6. The van der Waals surface area contributed by atoms with Crippen LogP contribution in [0.2, 0.25) is 10.0 Å². The molecular formula is C19H17Cl2NO2S. The third-order valence-electron chi connectivity index (χ3n) is 4.03. The summed E-state index contributed by atoms with van der Waals surface area (Å²) < 4.78 is 7.72. The van der Waals surface area contributed by atoms with E-state index in [1.807, 2.05) is 26.0 Å². The van der Waals surface area contributed by atoms with Crippen molar-refractivity contribution in [2.75, 3.05) is 6.61 Å². The van der Waals surface area contributed by atoms with Crippen LogP contribution in [0.25, 0.3) is 0 Å². The Kier molecular flexibility index (Phi) is 5.52. The van der Waals surface area contributed by atoms with Crippen molar-refractivity contribution >= 4 is 40.3 Å². The zero-order valence-corrected chi connectivity index (χ0v) is 16.2. The second-order valence-corrected chi connectivity index (χ2v) is 7.58. The van der Waals surface area contributed by atoms with E-state index < -0.39 is 0 Å². The number of halogens is 2. The van der Waals surface area contributed by atoms with Gasteiger partial charge in [-0.05, 0) is 43.5 Å². The molecule has 0 saturated heterocycles. The normalized spacial score (nSPS) is 10.9. The molecule has 0 amide bonds. The Labute approximate surface area is 160 Å². The topological polar surface area (TPSA) is 31.2 Å². The first-order valence-electron chi connectivity index (χ1n) is 7.76. The van der Waals surface area contributed by atoms with Gasteiger partial charge in [0.15, 0.2) is 6.61 Å². The van der Waals surface area contributed by atoms with Gasteiger partial charge in [0.05, 0.1) is 16.6 Å². The van der Waals surface area contributed by atoms with Crippen LogP contribution in [-0.2, 0) is 6.54 Å². The Hall–Kier alpha value is -1.75. The number of aromatic nitrogens is 1. The summed E-state index contributed by atoms with van der Waals surface area (Å²) in [5.74, 6) is 0.465. The minimum absolute atomic E-state index is 0.0404. The maximum atomic E-state index is 12.6. The molecule has 25 heavy (non-hydrogen) atoms. The Morgan fingerprint density at radius 3 is 2.64 bits per heavy atom. The van der Waals surface area contributed by atoms with Gasteiger partial charge in [-0.15, -0.1) is 11.3 Å². The average Bonchev–Trinajstić information content (AvgIpc) is 3.19. The predicted octanol–water partition coefficient (Wildman–Crippen LogP) is 5.78. The minimum Gasteiger partial charge on any atom is -0.485 e. The molecule has 0 aliphatic heterocycles. The van der Waals surface area contributed by atoms with Gasteiger partial charge in [0.1, 0.15) is 5.75 Å². The molecule has 1 aromatic carbocycles. The van der Waals surface area contributed by atoms with E-state index in [2.05, 4.69) is 16.0 Å². The first-order chi connectivity index (χ1) is 12.0. The number of aryl methyl sites for hydroxylation is 1. The number of Topliss-reactive ketones (excluding diaryl/α,β-unsaturated/α-hetero) is 1. The molecule has 2 heterocycles. The number of ether oxygens (including phenoxy) is 1. The summed E-state index contributed by atoms with van der Waals surface area (Å²) in [5, 5.41) is 2.92. The summed E-state index contributed by atoms with van der Waals surface area (Å²) >= 11 is 13.6. The van der Waals surface area contributed by atoms with Crippen molar-refractivity contribution in [2.45, 2.75) is 20.4 Å². The van der Waals surface area contributed by atoms with Crippen LogP contribution >= 0.6 is 34.5 Å². The number of carbonyl (C=O) groups excluding carboxylic acids is 1. The number of nitrogens with zero attached hydrogens (tertiary/aromatic N) is 1. The van der Waals surface area contributed by atoms with Crippen LogP contribution in [0.15, 0.2) is 41.8 Å². The smallest absolute Gasteiger partial charge is 0.202 e. The van der Waals surface area contributed by atoms with E-state index >= 15 is 0 Å². The molecule has 0 fully saturated rings. The largest absolute Gasteiger partial charge is 0.485 e. The second-order valence-electron chi connectivity index (χ2n) is 5.74. The van der Waals surface area contributed by atoms with Crippen LogP contribution in [0.3, 0.4) is 0 Å². The standard InChI is InChI=1S/C19H17Cl2NO2S/c1-12-8-16(13(2)22(12)10-15-4-3-7-25-15)19(23)11-24-14-5-6-17(20)18(21)9-14/h3-9H,10-11H2,1-2H3. The molecule has 0 bridgehead atoms. The summed E-state index contributed by atoms with van der Waals surface area (Å²) in [7, 11) is 0. The maximum Gasteiger partial charge on any atom is 0.202 e. The Morgan fingerprint density at radius 1 is 1.16 bits per heavy atom. The van der Waals surface area contributed by atoms with E-state index in [0.717, 1.165) is 17.9 Å². The highest BCUT2D eigenvalue weighted by Gasteiger charge is 2.17. The van der Waals surface area contributed by atoms with Gasteiger partial charge in [-0.3, -0.25) is 4.79 Å². The number of carbonyl (C=O) groups is 1. The van der Waals surface area contributed by atoms with Gasteiger partial charge in [0, 0.05) is 27.9 Å². The van der Waals surface area contributed by atoms with Crippen molar-refractivity contribution in [2.24, 2.45) is 0 Å². The van der Waals surface area contributed by atoms with Gasteiger partial charge < -0.3 is 9.30 Å². The summed E-state index contributed by atoms with van der Waals surface area (Å²) in [6, 6.07) is 11.0. The molecule has 0 saturated carbocycles. The fourth-order valence-corrected chi connectivity index (χ4v) is 3.66. The minimum atomic E-state index is -0.0587. The molecule has 0 aliphatic carbocycles. The SMILES string of the molecule is Cc1cc(C(=O)COc2ccc(Cl)c(Cl)c2)c(C)n1Cc1cccs1. The molecule has 130 valence electrons.